The van der Waals surface area contributed by atoms with Gasteiger partial charge in [0.1, 0.15) is 22.0 Å². The second-order valence-corrected chi connectivity index (χ2v) is 9.92. The minimum atomic E-state index is -0.896. The van der Waals surface area contributed by atoms with Crippen LogP contribution < -0.4 is 25.8 Å². The number of halogens is 1. The number of rotatable bonds is 4. The monoisotopic (exact) mass is 542 g/mol. The average Bonchev–Trinajstić information content (AvgIpc) is 3.22. The second kappa shape index (κ2) is 9.94. The van der Waals surface area contributed by atoms with Crippen molar-refractivity contribution in [1.82, 2.24) is 4.57 Å². The second-order valence-electron chi connectivity index (χ2n) is 8.46. The van der Waals surface area contributed by atoms with Gasteiger partial charge in [-0.05, 0) is 65.7 Å². The number of anilines is 1. The highest BCUT2D eigenvalue weighted by molar-refractivity contribution is 7.07. The normalized spacial score (nSPS) is 15.2. The highest BCUT2D eigenvalue weighted by Gasteiger charge is 2.35. The van der Waals surface area contributed by atoms with Gasteiger partial charge in [0.2, 0.25) is 0 Å². The summed E-state index contributed by atoms with van der Waals surface area (Å²) in [7, 11) is 0. The Morgan fingerprint density at radius 1 is 1.03 bits per heavy atom. The lowest BCUT2D eigenvalue weighted by Gasteiger charge is -2.25. The number of nitrogens with two attached hydrogens (primary N) is 1. The quantitative estimate of drug-likeness (QED) is 0.312. The lowest BCUT2D eigenvalue weighted by atomic mass is 9.83. The zero-order valence-corrected chi connectivity index (χ0v) is 21.1. The lowest BCUT2D eigenvalue weighted by molar-refractivity contribution is -0.111. The van der Waals surface area contributed by atoms with Gasteiger partial charge in [-0.25, -0.2) is 0 Å². The fraction of sp³-hybridized carbons (Fsp3) is 0.0357. The minimum absolute atomic E-state index is 0.0194. The highest BCUT2D eigenvalue weighted by atomic mass is 35.5. The SMILES string of the molecule is N#CC1=C(N)n2c(s/c(=C\c3ccc(O)cc3)c2=O)=C(C(=O)Nc2ccc(Cl)cc2)C1c1ccc(O)cc1. The van der Waals surface area contributed by atoms with E-state index in [1.807, 2.05) is 0 Å². The van der Waals surface area contributed by atoms with Crippen molar-refractivity contribution < 1.29 is 15.0 Å². The average molecular weight is 543 g/mol. The molecule has 38 heavy (non-hydrogen) atoms. The van der Waals surface area contributed by atoms with E-state index in [-0.39, 0.29) is 37.7 Å². The largest absolute Gasteiger partial charge is 0.508 e. The maximum atomic E-state index is 13.8. The third kappa shape index (κ3) is 4.54. The predicted molar refractivity (Wildman–Crippen MR) is 147 cm³/mol. The van der Waals surface area contributed by atoms with Crippen molar-refractivity contribution in [2.75, 3.05) is 5.32 Å². The van der Waals surface area contributed by atoms with Gasteiger partial charge in [-0.2, -0.15) is 5.26 Å². The topological polar surface area (TPSA) is 141 Å². The van der Waals surface area contributed by atoms with Crippen LogP contribution in [-0.2, 0) is 4.79 Å². The van der Waals surface area contributed by atoms with Crippen LogP contribution in [0, 0.1) is 11.3 Å². The molecule has 8 nitrogen and oxygen atoms in total. The number of amides is 1. The van der Waals surface area contributed by atoms with Crippen molar-refractivity contribution in [3.8, 4) is 17.6 Å². The van der Waals surface area contributed by atoms with Gasteiger partial charge in [-0.1, -0.05) is 35.9 Å². The van der Waals surface area contributed by atoms with E-state index in [1.165, 1.54) is 28.8 Å². The van der Waals surface area contributed by atoms with Crippen LogP contribution in [0.3, 0.4) is 0 Å². The molecule has 1 aromatic heterocycles. The molecule has 1 amide bonds. The molecule has 188 valence electrons. The summed E-state index contributed by atoms with van der Waals surface area (Å²) in [5.41, 5.74) is 7.76. The number of nitriles is 1. The maximum absolute atomic E-state index is 13.8. The lowest BCUT2D eigenvalue weighted by Crippen LogP contribution is -2.40. The fourth-order valence-corrected chi connectivity index (χ4v) is 5.52. The summed E-state index contributed by atoms with van der Waals surface area (Å²) >= 11 is 7.05. The molecule has 0 spiro atoms. The van der Waals surface area contributed by atoms with Crippen molar-refractivity contribution in [3.05, 3.63) is 114 Å². The van der Waals surface area contributed by atoms with E-state index < -0.39 is 17.4 Å². The Labute approximate surface area is 225 Å². The molecule has 0 aliphatic carbocycles. The molecule has 1 atom stereocenters. The Kier molecular flexibility index (Phi) is 6.51. The van der Waals surface area contributed by atoms with Crippen LogP contribution >= 0.6 is 22.9 Å². The molecule has 1 unspecified atom stereocenters. The van der Waals surface area contributed by atoms with Gasteiger partial charge in [0.25, 0.3) is 11.5 Å². The summed E-state index contributed by atoms with van der Waals surface area (Å²) < 4.78 is 1.75. The third-order valence-electron chi connectivity index (χ3n) is 6.03. The molecule has 4 aromatic rings. The van der Waals surface area contributed by atoms with Crippen LogP contribution in [0.1, 0.15) is 17.0 Å². The Morgan fingerprint density at radius 2 is 1.63 bits per heavy atom. The van der Waals surface area contributed by atoms with Crippen molar-refractivity contribution in [2.45, 2.75) is 5.92 Å². The molecule has 0 radical (unpaired) electrons. The van der Waals surface area contributed by atoms with Crippen LogP contribution in [0.2, 0.25) is 5.02 Å². The summed E-state index contributed by atoms with van der Waals surface area (Å²) in [6.07, 6.45) is 1.63. The Morgan fingerprint density at radius 3 is 2.24 bits per heavy atom. The highest BCUT2D eigenvalue weighted by Crippen LogP contribution is 2.37. The molecule has 3 aromatic carbocycles. The molecule has 1 aliphatic heterocycles. The fourth-order valence-electron chi connectivity index (χ4n) is 4.22. The summed E-state index contributed by atoms with van der Waals surface area (Å²) in [4.78, 5) is 27.3. The number of phenolic OH excluding ortho intramolecular Hbond substituents is 2. The molecule has 5 N–H and O–H groups in total. The number of fused-ring (bicyclic) bond motifs is 1. The third-order valence-corrected chi connectivity index (χ3v) is 7.39. The first-order valence-corrected chi connectivity index (χ1v) is 12.5. The first-order chi connectivity index (χ1) is 18.3. The summed E-state index contributed by atoms with van der Waals surface area (Å²) in [5.74, 6) is -1.40. The number of nitrogens with zero attached hydrogens (tertiary/aromatic N) is 2. The molecular weight excluding hydrogens is 524 g/mol. The standard InChI is InChI=1S/C28H19ClN4O4S/c29-17-5-7-18(8-6-17)32-26(36)24-23(16-3-11-20(35)12-4-16)21(14-30)25(31)33-27(37)22(38-28(24)33)13-15-1-9-19(34)10-2-15/h1-13,23,34-35H,31H2,(H,32,36)/b22-13-. The van der Waals surface area contributed by atoms with E-state index >= 15 is 0 Å². The molecule has 0 fully saturated rings. The van der Waals surface area contributed by atoms with E-state index in [0.717, 1.165) is 11.3 Å². The predicted octanol–water partition coefficient (Wildman–Crippen LogP) is 3.04. The molecule has 0 saturated heterocycles. The van der Waals surface area contributed by atoms with Crippen molar-refractivity contribution in [1.29, 1.82) is 5.26 Å². The van der Waals surface area contributed by atoms with Gasteiger partial charge in [0.05, 0.1) is 27.7 Å². The molecule has 2 heterocycles. The minimum Gasteiger partial charge on any atom is -0.508 e. The van der Waals surface area contributed by atoms with E-state index in [0.29, 0.717) is 21.8 Å². The number of aromatic hydroxyl groups is 2. The van der Waals surface area contributed by atoms with Crippen LogP contribution in [0.4, 0.5) is 5.69 Å². The number of carbonyl (C=O) groups excluding carboxylic acids is 1. The summed E-state index contributed by atoms with van der Waals surface area (Å²) in [5, 5.41) is 32.8. The molecule has 0 bridgehead atoms. The van der Waals surface area contributed by atoms with Gasteiger partial charge in [-0.15, -0.1) is 11.3 Å². The van der Waals surface area contributed by atoms with Crippen LogP contribution in [0.15, 0.2) is 83.2 Å². The Bertz CT molecular complexity index is 1810. The molecule has 5 rings (SSSR count). The number of benzene rings is 3. The number of carbonyl (C=O) groups is 1. The van der Waals surface area contributed by atoms with E-state index in [4.69, 9.17) is 17.3 Å². The number of nitrogens with one attached hydrogen (secondary N) is 1. The number of allylic oxidation sites excluding steroid dienone is 1. The van der Waals surface area contributed by atoms with Gasteiger partial charge >= 0.3 is 0 Å². The summed E-state index contributed by atoms with van der Waals surface area (Å²) in [6.45, 7) is 0. The van der Waals surface area contributed by atoms with E-state index in [9.17, 15) is 25.1 Å². The smallest absolute Gasteiger partial charge is 0.274 e. The van der Waals surface area contributed by atoms with Gasteiger partial charge in [0.15, 0.2) is 0 Å². The number of thiazole rings is 1. The first-order valence-electron chi connectivity index (χ1n) is 11.3. The van der Waals surface area contributed by atoms with E-state index in [1.54, 1.807) is 54.6 Å². The van der Waals surface area contributed by atoms with Crippen molar-refractivity contribution >= 4 is 52.0 Å². The summed E-state index contributed by atoms with van der Waals surface area (Å²) in [6, 6.07) is 21.0. The maximum Gasteiger partial charge on any atom is 0.274 e. The molecular formula is C28H19ClN4O4S. The molecule has 10 heteroatoms. The van der Waals surface area contributed by atoms with Crippen molar-refractivity contribution in [3.63, 3.8) is 0 Å². The van der Waals surface area contributed by atoms with Crippen LogP contribution in [-0.4, -0.2) is 20.7 Å². The molecule has 0 saturated carbocycles. The number of aromatic nitrogens is 1. The van der Waals surface area contributed by atoms with Crippen LogP contribution in [0.25, 0.3) is 17.5 Å². The van der Waals surface area contributed by atoms with Gasteiger partial charge < -0.3 is 21.3 Å². The van der Waals surface area contributed by atoms with E-state index in [2.05, 4.69) is 11.4 Å². The van der Waals surface area contributed by atoms with Gasteiger partial charge in [-0.3, -0.25) is 14.2 Å². The number of hydrogen-bond acceptors (Lipinski definition) is 7. The van der Waals surface area contributed by atoms with Gasteiger partial charge in [0, 0.05) is 10.7 Å². The van der Waals surface area contributed by atoms with Crippen molar-refractivity contribution in [2.24, 2.45) is 5.73 Å². The first kappa shape index (κ1) is 24.9. The molecule has 1 aliphatic rings. The van der Waals surface area contributed by atoms with Crippen LogP contribution in [0.5, 0.6) is 11.5 Å². The number of hydrogen-bond donors (Lipinski definition) is 4. The zero-order chi connectivity index (χ0) is 27.0. The number of phenols is 2. The Hall–Kier alpha value is -4.78. The Balaban J connectivity index is 1.79. The zero-order valence-electron chi connectivity index (χ0n) is 19.6.